The summed E-state index contributed by atoms with van der Waals surface area (Å²) in [6.07, 6.45) is -7.49. The summed E-state index contributed by atoms with van der Waals surface area (Å²) in [5, 5.41) is 12.2. The molecule has 16 heteroatoms. The van der Waals surface area contributed by atoms with Crippen molar-refractivity contribution >= 4 is 23.5 Å². The fourth-order valence-corrected chi connectivity index (χ4v) is 4.29. The van der Waals surface area contributed by atoms with Crippen LogP contribution in [0, 0.1) is 0 Å². The molecular formula is C22H23F6N7O3. The van der Waals surface area contributed by atoms with Crippen molar-refractivity contribution in [2.24, 2.45) is 0 Å². The monoisotopic (exact) mass is 547 g/mol. The van der Waals surface area contributed by atoms with Crippen LogP contribution in [0.15, 0.2) is 18.3 Å². The Morgan fingerprint density at radius 2 is 2.03 bits per heavy atom. The largest absolute Gasteiger partial charge is 0.522 e. The van der Waals surface area contributed by atoms with Crippen LogP contribution in [-0.4, -0.2) is 54.8 Å². The molecule has 0 radical (unpaired) electrons. The van der Waals surface area contributed by atoms with E-state index in [0.717, 1.165) is 25.1 Å². The summed E-state index contributed by atoms with van der Waals surface area (Å²) in [4.78, 5) is 19.8. The maximum absolute atomic E-state index is 15.1. The molecule has 0 saturated heterocycles. The molecule has 0 spiro atoms. The molecule has 3 heterocycles. The Labute approximate surface area is 211 Å². The van der Waals surface area contributed by atoms with Crippen molar-refractivity contribution < 1.29 is 40.6 Å². The lowest BCUT2D eigenvalue weighted by molar-refractivity contribution is -0.330. The quantitative estimate of drug-likeness (QED) is 0.339. The van der Waals surface area contributed by atoms with Gasteiger partial charge in [-0.15, -0.1) is 13.2 Å². The number of alkyl carbamates (subject to hydrolysis) is 1. The number of amides is 1. The molecule has 3 aromatic heterocycles. The first-order chi connectivity index (χ1) is 17.9. The summed E-state index contributed by atoms with van der Waals surface area (Å²) in [6, 6.07) is 2.40. The van der Waals surface area contributed by atoms with Crippen molar-refractivity contribution in [1.29, 1.82) is 0 Å². The van der Waals surface area contributed by atoms with Gasteiger partial charge in [0.25, 0.3) is 6.43 Å². The number of anilines is 2. The first kappa shape index (κ1) is 26.1. The van der Waals surface area contributed by atoms with Crippen LogP contribution < -0.4 is 10.6 Å². The molecule has 3 N–H and O–H groups in total. The molecule has 0 aliphatic heterocycles. The number of ether oxygens (including phenoxy) is 2. The van der Waals surface area contributed by atoms with Crippen LogP contribution >= 0.6 is 0 Å². The number of rotatable bonds is 8. The molecule has 2 fully saturated rings. The molecule has 3 aromatic rings. The Morgan fingerprint density at radius 3 is 2.71 bits per heavy atom. The third-order valence-electron chi connectivity index (χ3n) is 6.53. The van der Waals surface area contributed by atoms with Crippen molar-refractivity contribution in [3.8, 4) is 0 Å². The number of fused-ring (bicyclic) bond motifs is 1. The second kappa shape index (κ2) is 9.63. The van der Waals surface area contributed by atoms with Crippen LogP contribution in [0.1, 0.15) is 62.0 Å². The second-order valence-corrected chi connectivity index (χ2v) is 9.59. The van der Waals surface area contributed by atoms with E-state index in [1.54, 1.807) is 0 Å². The number of hydrogen-bond acceptors (Lipinski definition) is 7. The molecule has 2 saturated carbocycles. The van der Waals surface area contributed by atoms with E-state index in [4.69, 9.17) is 4.74 Å². The Balaban J connectivity index is 1.30. The highest BCUT2D eigenvalue weighted by Gasteiger charge is 2.43. The van der Waals surface area contributed by atoms with E-state index >= 15 is 4.39 Å². The molecule has 3 atom stereocenters. The van der Waals surface area contributed by atoms with Gasteiger partial charge in [0.1, 0.15) is 23.6 Å². The van der Waals surface area contributed by atoms with Crippen LogP contribution in [0.5, 0.6) is 0 Å². The van der Waals surface area contributed by atoms with Gasteiger partial charge in [-0.1, -0.05) is 0 Å². The standard InChI is InChI=1S/C22H23F6N7O3/c1-21(4-5-21)32-20(36)38-14-3-2-11(17(14)23)12-6-15(34-33-12)31-19-30-13(18(24)25)7-16-29-10(8-35(16)19)9-37-22(26,27)28/h6-8,11,14,17-18H,2-5,9H2,1H3,(H,32,36)(H2,30,31,33,34)/t11-,14-,17+/m0/s1. The van der Waals surface area contributed by atoms with Crippen molar-refractivity contribution in [3.05, 3.63) is 35.4 Å². The van der Waals surface area contributed by atoms with E-state index in [1.807, 2.05) is 6.92 Å². The summed E-state index contributed by atoms with van der Waals surface area (Å²) in [5.41, 5.74) is -0.840. The Kier molecular flexibility index (Phi) is 6.61. The third kappa shape index (κ3) is 5.79. The summed E-state index contributed by atoms with van der Waals surface area (Å²) in [5.74, 6) is -0.763. The van der Waals surface area contributed by atoms with Crippen LogP contribution in [0.25, 0.3) is 5.65 Å². The third-order valence-corrected chi connectivity index (χ3v) is 6.53. The van der Waals surface area contributed by atoms with Crippen LogP contribution in [-0.2, 0) is 16.1 Å². The van der Waals surface area contributed by atoms with Crippen molar-refractivity contribution in [1.82, 2.24) is 29.9 Å². The fourth-order valence-electron chi connectivity index (χ4n) is 4.29. The molecule has 5 rings (SSSR count). The van der Waals surface area contributed by atoms with E-state index in [0.29, 0.717) is 18.5 Å². The van der Waals surface area contributed by atoms with Gasteiger partial charge in [-0.2, -0.15) is 5.10 Å². The zero-order chi connectivity index (χ0) is 27.2. The molecule has 2 aliphatic rings. The zero-order valence-electron chi connectivity index (χ0n) is 19.9. The van der Waals surface area contributed by atoms with Crippen molar-refractivity contribution in [2.75, 3.05) is 5.32 Å². The molecule has 1 amide bonds. The molecule has 2 aliphatic carbocycles. The zero-order valence-corrected chi connectivity index (χ0v) is 19.9. The topological polar surface area (TPSA) is 118 Å². The minimum Gasteiger partial charge on any atom is -0.443 e. The van der Waals surface area contributed by atoms with Crippen LogP contribution in [0.2, 0.25) is 0 Å². The minimum absolute atomic E-state index is 0.0905. The highest BCUT2D eigenvalue weighted by molar-refractivity contribution is 5.69. The summed E-state index contributed by atoms with van der Waals surface area (Å²) in [6.45, 7) is 0.944. The van der Waals surface area contributed by atoms with Gasteiger partial charge in [0, 0.05) is 35.5 Å². The number of carbonyl (C=O) groups is 1. The maximum Gasteiger partial charge on any atom is 0.522 e. The lowest BCUT2D eigenvalue weighted by Gasteiger charge is -2.19. The highest BCUT2D eigenvalue weighted by atomic mass is 19.4. The van der Waals surface area contributed by atoms with E-state index in [1.165, 1.54) is 10.5 Å². The number of alkyl halides is 6. The number of hydrogen-bond donors (Lipinski definition) is 3. The molecule has 0 aromatic carbocycles. The van der Waals surface area contributed by atoms with Gasteiger partial charge in [-0.05, 0) is 32.6 Å². The van der Waals surface area contributed by atoms with E-state index in [9.17, 15) is 26.7 Å². The van der Waals surface area contributed by atoms with Gasteiger partial charge in [-0.25, -0.2) is 27.9 Å². The van der Waals surface area contributed by atoms with Crippen molar-refractivity contribution in [2.45, 2.75) is 75.7 Å². The fraction of sp³-hybridized carbons (Fsp3) is 0.545. The molecule has 38 heavy (non-hydrogen) atoms. The number of nitrogens with one attached hydrogen (secondary N) is 3. The van der Waals surface area contributed by atoms with Gasteiger partial charge in [0.15, 0.2) is 5.82 Å². The SMILES string of the molecule is CC1(NC(=O)O[C@H]2CC[C@@H](c3cc(Nc4nc(C(F)F)cc5nc(COC(F)(F)F)cn45)n[nH]3)[C@H]2F)CC1. The second-order valence-electron chi connectivity index (χ2n) is 9.59. The van der Waals surface area contributed by atoms with E-state index in [-0.39, 0.29) is 28.6 Å². The number of halogens is 6. The highest BCUT2D eigenvalue weighted by Crippen LogP contribution is 2.39. The lowest BCUT2D eigenvalue weighted by atomic mass is 10.0. The average molecular weight is 547 g/mol. The molecule has 10 nitrogen and oxygen atoms in total. The molecule has 0 unspecified atom stereocenters. The van der Waals surface area contributed by atoms with Crippen LogP contribution in [0.3, 0.4) is 0 Å². The van der Waals surface area contributed by atoms with Gasteiger partial charge in [0.05, 0.1) is 12.3 Å². The molecule has 206 valence electrons. The van der Waals surface area contributed by atoms with Crippen LogP contribution in [0.4, 0.5) is 42.9 Å². The Hall–Kier alpha value is -3.56. The number of H-pyrrole nitrogens is 1. The smallest absolute Gasteiger partial charge is 0.443 e. The average Bonchev–Trinajstić information content (AvgIpc) is 3.19. The number of aromatic amines is 1. The summed E-state index contributed by atoms with van der Waals surface area (Å²) >= 11 is 0. The van der Waals surface area contributed by atoms with E-state index < -0.39 is 49.4 Å². The lowest BCUT2D eigenvalue weighted by Crippen LogP contribution is -2.38. The first-order valence-electron chi connectivity index (χ1n) is 11.7. The predicted molar refractivity (Wildman–Crippen MR) is 119 cm³/mol. The normalized spacial score (nSPS) is 22.7. The maximum atomic E-state index is 15.1. The number of nitrogens with zero attached hydrogens (tertiary/aromatic N) is 4. The van der Waals surface area contributed by atoms with E-state index in [2.05, 4.69) is 35.5 Å². The van der Waals surface area contributed by atoms with Gasteiger partial charge in [-0.3, -0.25) is 14.2 Å². The molecular weight excluding hydrogens is 524 g/mol. The number of carbonyl (C=O) groups excluding carboxylic acids is 1. The van der Waals surface area contributed by atoms with Gasteiger partial charge >= 0.3 is 12.5 Å². The number of imidazole rings is 1. The van der Waals surface area contributed by atoms with Gasteiger partial charge < -0.3 is 15.4 Å². The first-order valence-corrected chi connectivity index (χ1v) is 11.7. The van der Waals surface area contributed by atoms with Gasteiger partial charge in [0.2, 0.25) is 5.95 Å². The summed E-state index contributed by atoms with van der Waals surface area (Å²) in [7, 11) is 0. The minimum atomic E-state index is -4.90. The molecule has 0 bridgehead atoms. The Bertz CT molecular complexity index is 1320. The summed E-state index contributed by atoms with van der Waals surface area (Å²) < 4.78 is 89.3. The predicted octanol–water partition coefficient (Wildman–Crippen LogP) is 5.03. The van der Waals surface area contributed by atoms with Crippen molar-refractivity contribution in [3.63, 3.8) is 0 Å². The number of aromatic nitrogens is 5. The Morgan fingerprint density at radius 1 is 1.26 bits per heavy atom.